The highest BCUT2D eigenvalue weighted by molar-refractivity contribution is 5.83. The third-order valence-corrected chi connectivity index (χ3v) is 6.61. The third kappa shape index (κ3) is 2.35. The fourth-order valence-electron chi connectivity index (χ4n) is 5.96. The molecule has 6 rings (SSSR count). The molecule has 4 fully saturated rings. The van der Waals surface area contributed by atoms with Crippen molar-refractivity contribution in [1.29, 1.82) is 0 Å². The number of carbonyl (C=O) groups excluding carboxylic acids is 1. The van der Waals surface area contributed by atoms with Gasteiger partial charge in [0.15, 0.2) is 12.0 Å². The summed E-state index contributed by atoms with van der Waals surface area (Å²) < 4.78 is 5.27. The molecule has 0 atom stereocenters. The lowest BCUT2D eigenvalue weighted by Gasteiger charge is -2.55. The van der Waals surface area contributed by atoms with E-state index in [1.165, 1.54) is 31.2 Å². The van der Waals surface area contributed by atoms with Crippen LogP contribution in [0.15, 0.2) is 29.0 Å². The molecule has 1 aromatic carbocycles. The number of rotatable bonds is 4. The van der Waals surface area contributed by atoms with E-state index < -0.39 is 0 Å². The van der Waals surface area contributed by atoms with E-state index >= 15 is 0 Å². The Kier molecular flexibility index (Phi) is 3.22. The average molecular weight is 324 g/mol. The molecule has 0 unspecified atom stereocenters. The molecule has 4 nitrogen and oxygen atoms in total. The van der Waals surface area contributed by atoms with Crippen LogP contribution in [0.4, 0.5) is 0 Å². The highest BCUT2D eigenvalue weighted by Gasteiger charge is 2.54. The maximum atomic E-state index is 12.9. The van der Waals surface area contributed by atoms with E-state index in [9.17, 15) is 4.79 Å². The van der Waals surface area contributed by atoms with Crippen LogP contribution in [0.2, 0.25) is 0 Å². The summed E-state index contributed by atoms with van der Waals surface area (Å²) in [6.07, 6.45) is 9.87. The van der Waals surface area contributed by atoms with Gasteiger partial charge >= 0.3 is 0 Å². The number of nitrogens with zero attached hydrogens (tertiary/aromatic N) is 1. The van der Waals surface area contributed by atoms with E-state index in [4.69, 9.17) is 4.42 Å². The van der Waals surface area contributed by atoms with Gasteiger partial charge in [0.25, 0.3) is 0 Å². The van der Waals surface area contributed by atoms with Crippen molar-refractivity contribution in [1.82, 2.24) is 10.3 Å². The van der Waals surface area contributed by atoms with Crippen molar-refractivity contribution in [2.75, 3.05) is 6.54 Å². The highest BCUT2D eigenvalue weighted by atomic mass is 16.3. The lowest BCUT2D eigenvalue weighted by molar-refractivity contribution is -0.146. The van der Waals surface area contributed by atoms with Crippen LogP contribution in [0, 0.1) is 23.2 Å². The van der Waals surface area contributed by atoms with E-state index in [-0.39, 0.29) is 5.41 Å². The Bertz CT molecular complexity index is 744. The maximum Gasteiger partial charge on any atom is 0.226 e. The molecule has 1 amide bonds. The summed E-state index contributed by atoms with van der Waals surface area (Å²) in [6.45, 7) is 0.712. The molecular formula is C20H24N2O2. The quantitative estimate of drug-likeness (QED) is 0.933. The molecule has 2 aromatic rings. The zero-order valence-corrected chi connectivity index (χ0v) is 14.0. The number of carbonyl (C=O) groups is 1. The van der Waals surface area contributed by atoms with Gasteiger partial charge in [-0.2, -0.15) is 0 Å². The van der Waals surface area contributed by atoms with Crippen molar-refractivity contribution in [3.63, 3.8) is 0 Å². The molecule has 1 N–H and O–H groups in total. The standard InChI is InChI=1S/C20H24N2O2/c23-19(20-9-14-5-15(10-20)7-16(6-14)11-20)21-4-3-13-1-2-18-17(8-13)22-12-24-18/h1-2,8,12,14-16H,3-7,9-11H2,(H,21,23). The summed E-state index contributed by atoms with van der Waals surface area (Å²) in [5.74, 6) is 2.77. The smallest absolute Gasteiger partial charge is 0.226 e. The Morgan fingerprint density at radius 1 is 1.17 bits per heavy atom. The summed E-state index contributed by atoms with van der Waals surface area (Å²) in [7, 11) is 0. The molecule has 126 valence electrons. The van der Waals surface area contributed by atoms with Gasteiger partial charge in [0.2, 0.25) is 5.91 Å². The van der Waals surface area contributed by atoms with E-state index in [0.29, 0.717) is 12.5 Å². The lowest BCUT2D eigenvalue weighted by atomic mass is 9.49. The Morgan fingerprint density at radius 3 is 2.58 bits per heavy atom. The topological polar surface area (TPSA) is 55.1 Å². The molecule has 0 radical (unpaired) electrons. The predicted molar refractivity (Wildman–Crippen MR) is 91.3 cm³/mol. The minimum absolute atomic E-state index is 0.0369. The molecule has 0 spiro atoms. The second-order valence-electron chi connectivity index (χ2n) is 8.36. The molecule has 4 aliphatic rings. The van der Waals surface area contributed by atoms with Gasteiger partial charge in [0.05, 0.1) is 0 Å². The number of fused-ring (bicyclic) bond motifs is 1. The summed E-state index contributed by atoms with van der Waals surface area (Å²) in [5, 5.41) is 3.25. The first-order chi connectivity index (χ1) is 11.7. The molecule has 0 saturated heterocycles. The van der Waals surface area contributed by atoms with Crippen molar-refractivity contribution in [2.45, 2.75) is 44.9 Å². The zero-order valence-electron chi connectivity index (χ0n) is 14.0. The van der Waals surface area contributed by atoms with Crippen LogP contribution in [0.25, 0.3) is 11.1 Å². The largest absolute Gasteiger partial charge is 0.443 e. The van der Waals surface area contributed by atoms with Crippen LogP contribution in [-0.2, 0) is 11.2 Å². The summed E-state index contributed by atoms with van der Waals surface area (Å²) in [4.78, 5) is 17.1. The van der Waals surface area contributed by atoms with Crippen molar-refractivity contribution in [3.05, 3.63) is 30.2 Å². The number of oxazole rings is 1. The van der Waals surface area contributed by atoms with E-state index in [0.717, 1.165) is 54.5 Å². The molecule has 4 heteroatoms. The monoisotopic (exact) mass is 324 g/mol. The second-order valence-corrected chi connectivity index (χ2v) is 8.36. The van der Waals surface area contributed by atoms with Crippen molar-refractivity contribution in [3.8, 4) is 0 Å². The number of benzene rings is 1. The fourth-order valence-corrected chi connectivity index (χ4v) is 5.96. The minimum atomic E-state index is -0.0369. The Balaban J connectivity index is 1.23. The van der Waals surface area contributed by atoms with Gasteiger partial charge in [-0.25, -0.2) is 4.98 Å². The summed E-state index contributed by atoms with van der Waals surface area (Å²) in [5.41, 5.74) is 2.86. The fraction of sp³-hybridized carbons (Fsp3) is 0.600. The number of aromatic nitrogens is 1. The maximum absolute atomic E-state index is 12.9. The van der Waals surface area contributed by atoms with Crippen LogP contribution in [0.3, 0.4) is 0 Å². The molecule has 4 aliphatic carbocycles. The lowest BCUT2D eigenvalue weighted by Crippen LogP contribution is -2.53. The number of nitrogens with one attached hydrogen (secondary N) is 1. The minimum Gasteiger partial charge on any atom is -0.443 e. The van der Waals surface area contributed by atoms with Crippen LogP contribution < -0.4 is 5.32 Å². The van der Waals surface area contributed by atoms with Gasteiger partial charge in [-0.05, 0) is 80.4 Å². The van der Waals surface area contributed by atoms with E-state index in [2.05, 4.69) is 22.4 Å². The Hall–Kier alpha value is -1.84. The summed E-state index contributed by atoms with van der Waals surface area (Å²) >= 11 is 0. The van der Waals surface area contributed by atoms with E-state index in [1.807, 2.05) is 6.07 Å². The third-order valence-electron chi connectivity index (χ3n) is 6.61. The summed E-state index contributed by atoms with van der Waals surface area (Å²) in [6, 6.07) is 6.07. The molecule has 1 heterocycles. The van der Waals surface area contributed by atoms with Crippen LogP contribution in [0.1, 0.15) is 44.1 Å². The molecule has 1 aromatic heterocycles. The van der Waals surface area contributed by atoms with Gasteiger partial charge in [0.1, 0.15) is 5.52 Å². The van der Waals surface area contributed by atoms with Gasteiger partial charge in [-0.15, -0.1) is 0 Å². The van der Waals surface area contributed by atoms with Crippen molar-refractivity contribution < 1.29 is 9.21 Å². The molecule has 4 bridgehead atoms. The van der Waals surface area contributed by atoms with Gasteiger partial charge in [0, 0.05) is 12.0 Å². The normalized spacial score (nSPS) is 33.9. The Labute approximate surface area is 142 Å². The zero-order chi connectivity index (χ0) is 16.1. The number of hydrogen-bond acceptors (Lipinski definition) is 3. The number of amides is 1. The predicted octanol–water partition coefficient (Wildman–Crippen LogP) is 3.70. The van der Waals surface area contributed by atoms with Crippen LogP contribution in [0.5, 0.6) is 0 Å². The number of hydrogen-bond donors (Lipinski definition) is 1. The molecule has 0 aliphatic heterocycles. The van der Waals surface area contributed by atoms with Crippen molar-refractivity contribution >= 4 is 17.0 Å². The highest BCUT2D eigenvalue weighted by Crippen LogP contribution is 2.60. The molecule has 24 heavy (non-hydrogen) atoms. The van der Waals surface area contributed by atoms with E-state index in [1.54, 1.807) is 0 Å². The second kappa shape index (κ2) is 5.33. The average Bonchev–Trinajstić information content (AvgIpc) is 3.01. The van der Waals surface area contributed by atoms with Crippen molar-refractivity contribution in [2.24, 2.45) is 23.2 Å². The van der Waals surface area contributed by atoms with Crippen LogP contribution >= 0.6 is 0 Å². The molecular weight excluding hydrogens is 300 g/mol. The first-order valence-electron chi connectivity index (χ1n) is 9.31. The first-order valence-corrected chi connectivity index (χ1v) is 9.31. The van der Waals surface area contributed by atoms with Crippen LogP contribution in [-0.4, -0.2) is 17.4 Å². The van der Waals surface area contributed by atoms with Gasteiger partial charge < -0.3 is 9.73 Å². The first kappa shape index (κ1) is 14.5. The van der Waals surface area contributed by atoms with Gasteiger partial charge in [-0.1, -0.05) is 6.07 Å². The van der Waals surface area contributed by atoms with Gasteiger partial charge in [-0.3, -0.25) is 4.79 Å². The Morgan fingerprint density at radius 2 is 1.88 bits per heavy atom. The molecule has 4 saturated carbocycles. The SMILES string of the molecule is O=C(NCCc1ccc2ocnc2c1)C12CC3CC(CC(C3)C1)C2.